The van der Waals surface area contributed by atoms with E-state index >= 15 is 0 Å². The number of aryl methyl sites for hydroxylation is 1. The molecule has 1 atom stereocenters. The summed E-state index contributed by atoms with van der Waals surface area (Å²) >= 11 is 0. The Labute approximate surface area is 100 Å². The standard InChI is InChI=1S/C14H16O3/c1-9(4-5-15)11-7-12-6-10(2)17-14(12)13(8-11)16-3/h5-9H,4H2,1-3H3. The maximum atomic E-state index is 10.6. The second kappa shape index (κ2) is 4.62. The highest BCUT2D eigenvalue weighted by Gasteiger charge is 2.13. The van der Waals surface area contributed by atoms with E-state index in [0.717, 1.165) is 34.3 Å². The van der Waals surface area contributed by atoms with Gasteiger partial charge in [-0.1, -0.05) is 6.92 Å². The number of hydrogen-bond donors (Lipinski definition) is 0. The van der Waals surface area contributed by atoms with Crippen molar-refractivity contribution in [2.24, 2.45) is 0 Å². The maximum Gasteiger partial charge on any atom is 0.176 e. The monoisotopic (exact) mass is 232 g/mol. The zero-order valence-electron chi connectivity index (χ0n) is 10.3. The van der Waals surface area contributed by atoms with Gasteiger partial charge in [-0.15, -0.1) is 0 Å². The minimum absolute atomic E-state index is 0.195. The van der Waals surface area contributed by atoms with Gasteiger partial charge in [0.25, 0.3) is 0 Å². The molecule has 0 saturated carbocycles. The summed E-state index contributed by atoms with van der Waals surface area (Å²) in [5, 5.41) is 1.02. The van der Waals surface area contributed by atoms with Gasteiger partial charge in [0.15, 0.2) is 11.3 Å². The van der Waals surface area contributed by atoms with Gasteiger partial charge in [0.1, 0.15) is 12.0 Å². The Hall–Kier alpha value is -1.77. The summed E-state index contributed by atoms with van der Waals surface area (Å²) in [6.07, 6.45) is 1.47. The Kier molecular flexibility index (Phi) is 3.18. The van der Waals surface area contributed by atoms with E-state index in [1.165, 1.54) is 0 Å². The Morgan fingerprint density at radius 2 is 2.18 bits per heavy atom. The van der Waals surface area contributed by atoms with Crippen LogP contribution in [0.15, 0.2) is 22.6 Å². The molecule has 0 aliphatic carbocycles. The van der Waals surface area contributed by atoms with Crippen LogP contribution in [0.2, 0.25) is 0 Å². The van der Waals surface area contributed by atoms with Crippen molar-refractivity contribution in [2.75, 3.05) is 7.11 Å². The van der Waals surface area contributed by atoms with Gasteiger partial charge in [-0.05, 0) is 36.6 Å². The normalized spacial score (nSPS) is 12.6. The van der Waals surface area contributed by atoms with E-state index in [-0.39, 0.29) is 5.92 Å². The minimum atomic E-state index is 0.195. The number of rotatable bonds is 4. The zero-order valence-corrected chi connectivity index (χ0v) is 10.3. The van der Waals surface area contributed by atoms with Crippen molar-refractivity contribution in [3.05, 3.63) is 29.5 Å². The SMILES string of the molecule is COc1cc(C(C)CC=O)cc2cc(C)oc12. The Morgan fingerprint density at radius 1 is 1.41 bits per heavy atom. The lowest BCUT2D eigenvalue weighted by Gasteiger charge is -2.10. The van der Waals surface area contributed by atoms with Crippen molar-refractivity contribution in [1.82, 2.24) is 0 Å². The van der Waals surface area contributed by atoms with Gasteiger partial charge in [0, 0.05) is 11.8 Å². The Balaban J connectivity index is 2.55. The van der Waals surface area contributed by atoms with Crippen LogP contribution in [0, 0.1) is 6.92 Å². The summed E-state index contributed by atoms with van der Waals surface area (Å²) in [5.74, 6) is 1.78. The van der Waals surface area contributed by atoms with E-state index in [9.17, 15) is 4.79 Å². The molecule has 2 aromatic rings. The van der Waals surface area contributed by atoms with Gasteiger partial charge in [-0.25, -0.2) is 0 Å². The predicted octanol–water partition coefficient (Wildman–Crippen LogP) is 3.44. The van der Waals surface area contributed by atoms with E-state index in [0.29, 0.717) is 6.42 Å². The number of carbonyl (C=O) groups is 1. The molecule has 3 nitrogen and oxygen atoms in total. The highest BCUT2D eigenvalue weighted by atomic mass is 16.5. The number of furan rings is 1. The first kappa shape index (κ1) is 11.7. The average molecular weight is 232 g/mol. The number of methoxy groups -OCH3 is 1. The van der Waals surface area contributed by atoms with E-state index in [1.54, 1.807) is 7.11 Å². The molecule has 0 aliphatic heterocycles. The highest BCUT2D eigenvalue weighted by molar-refractivity contribution is 5.84. The first-order valence-electron chi connectivity index (χ1n) is 5.67. The quantitative estimate of drug-likeness (QED) is 0.758. The first-order valence-corrected chi connectivity index (χ1v) is 5.67. The second-order valence-corrected chi connectivity index (χ2v) is 4.30. The maximum absolute atomic E-state index is 10.6. The minimum Gasteiger partial charge on any atom is -0.493 e. The lowest BCUT2D eigenvalue weighted by molar-refractivity contribution is -0.108. The molecule has 0 bridgehead atoms. The number of benzene rings is 1. The van der Waals surface area contributed by atoms with Gasteiger partial charge in [0.2, 0.25) is 0 Å². The molecule has 1 heterocycles. The van der Waals surface area contributed by atoms with Gasteiger partial charge in [0.05, 0.1) is 7.11 Å². The Morgan fingerprint density at radius 3 is 2.82 bits per heavy atom. The van der Waals surface area contributed by atoms with Crippen molar-refractivity contribution in [3.8, 4) is 5.75 Å². The molecule has 1 aromatic carbocycles. The van der Waals surface area contributed by atoms with Crippen LogP contribution in [0.25, 0.3) is 11.0 Å². The third-order valence-corrected chi connectivity index (χ3v) is 2.97. The molecule has 1 aromatic heterocycles. The van der Waals surface area contributed by atoms with Crippen LogP contribution in [0.1, 0.15) is 30.6 Å². The van der Waals surface area contributed by atoms with E-state index in [4.69, 9.17) is 9.15 Å². The van der Waals surface area contributed by atoms with Gasteiger partial charge >= 0.3 is 0 Å². The van der Waals surface area contributed by atoms with Crippen LogP contribution in [0.3, 0.4) is 0 Å². The third-order valence-electron chi connectivity index (χ3n) is 2.97. The van der Waals surface area contributed by atoms with Crippen LogP contribution < -0.4 is 4.74 Å². The second-order valence-electron chi connectivity index (χ2n) is 4.30. The van der Waals surface area contributed by atoms with Crippen molar-refractivity contribution < 1.29 is 13.9 Å². The lowest BCUT2D eigenvalue weighted by Crippen LogP contribution is -1.95. The fourth-order valence-electron chi connectivity index (χ4n) is 1.99. The van der Waals surface area contributed by atoms with Crippen molar-refractivity contribution in [3.63, 3.8) is 0 Å². The van der Waals surface area contributed by atoms with Gasteiger partial charge in [-0.3, -0.25) is 0 Å². The lowest BCUT2D eigenvalue weighted by atomic mass is 9.97. The van der Waals surface area contributed by atoms with Crippen LogP contribution >= 0.6 is 0 Å². The molecule has 0 spiro atoms. The summed E-state index contributed by atoms with van der Waals surface area (Å²) in [6, 6.07) is 5.98. The molecule has 90 valence electrons. The molecule has 1 unspecified atom stereocenters. The molecule has 17 heavy (non-hydrogen) atoms. The largest absolute Gasteiger partial charge is 0.493 e. The molecule has 0 fully saturated rings. The van der Waals surface area contributed by atoms with Crippen LogP contribution in [0.4, 0.5) is 0 Å². The summed E-state index contributed by atoms with van der Waals surface area (Å²) < 4.78 is 10.9. The molecular formula is C14H16O3. The predicted molar refractivity (Wildman–Crippen MR) is 66.6 cm³/mol. The van der Waals surface area contributed by atoms with Crippen molar-refractivity contribution >= 4 is 17.3 Å². The third kappa shape index (κ3) is 2.18. The summed E-state index contributed by atoms with van der Waals surface area (Å²) in [6.45, 7) is 3.94. The molecule has 0 aliphatic rings. The number of fused-ring (bicyclic) bond motifs is 1. The fourth-order valence-corrected chi connectivity index (χ4v) is 1.99. The number of aldehydes is 1. The highest BCUT2D eigenvalue weighted by Crippen LogP contribution is 2.33. The zero-order chi connectivity index (χ0) is 12.4. The molecule has 2 rings (SSSR count). The Bertz CT molecular complexity index is 540. The van der Waals surface area contributed by atoms with E-state index < -0.39 is 0 Å². The smallest absolute Gasteiger partial charge is 0.176 e. The molecule has 0 radical (unpaired) electrons. The van der Waals surface area contributed by atoms with Crippen LogP contribution in [0.5, 0.6) is 5.75 Å². The van der Waals surface area contributed by atoms with Crippen LogP contribution in [-0.2, 0) is 4.79 Å². The molecular weight excluding hydrogens is 216 g/mol. The van der Waals surface area contributed by atoms with Gasteiger partial charge in [-0.2, -0.15) is 0 Å². The number of carbonyl (C=O) groups excluding carboxylic acids is 1. The van der Waals surface area contributed by atoms with E-state index in [1.807, 2.05) is 26.0 Å². The number of hydrogen-bond acceptors (Lipinski definition) is 3. The van der Waals surface area contributed by atoms with Crippen molar-refractivity contribution in [2.45, 2.75) is 26.2 Å². The average Bonchev–Trinajstić information content (AvgIpc) is 2.68. The topological polar surface area (TPSA) is 39.4 Å². The molecule has 0 N–H and O–H groups in total. The summed E-state index contributed by atoms with van der Waals surface area (Å²) in [5.41, 5.74) is 1.87. The number of ether oxygens (including phenoxy) is 1. The molecule has 3 heteroatoms. The fraction of sp³-hybridized carbons (Fsp3) is 0.357. The van der Waals surface area contributed by atoms with Crippen molar-refractivity contribution in [1.29, 1.82) is 0 Å². The summed E-state index contributed by atoms with van der Waals surface area (Å²) in [4.78, 5) is 10.6. The molecule has 0 amide bonds. The van der Waals surface area contributed by atoms with E-state index in [2.05, 4.69) is 6.07 Å². The van der Waals surface area contributed by atoms with Gasteiger partial charge < -0.3 is 13.9 Å². The van der Waals surface area contributed by atoms with Crippen LogP contribution in [-0.4, -0.2) is 13.4 Å². The molecule has 0 saturated heterocycles. The first-order chi connectivity index (χ1) is 8.15. The summed E-state index contributed by atoms with van der Waals surface area (Å²) in [7, 11) is 1.63.